The molecular weight excluding hydrogens is 220 g/mol. The summed E-state index contributed by atoms with van der Waals surface area (Å²) in [5, 5.41) is 0.726. The lowest BCUT2D eigenvalue weighted by molar-refractivity contribution is -0.142. The van der Waals surface area contributed by atoms with Gasteiger partial charge in [-0.1, -0.05) is 46.0 Å². The standard InChI is InChI=1S/C13H24O2S/c1-3-5-7-9-11-12(16-11)13(14)15-10-8-6-4-2/h11-12H,3-10H2,1-2H3. The SMILES string of the molecule is CCCCCOC(=O)C1SC1CCCCC. The molecule has 16 heavy (non-hydrogen) atoms. The molecule has 0 amide bonds. The highest BCUT2D eigenvalue weighted by atomic mass is 32.2. The zero-order chi connectivity index (χ0) is 11.8. The van der Waals surface area contributed by atoms with E-state index in [1.54, 1.807) is 11.8 Å². The van der Waals surface area contributed by atoms with Crippen LogP contribution in [0.15, 0.2) is 0 Å². The molecule has 1 saturated heterocycles. The summed E-state index contributed by atoms with van der Waals surface area (Å²) in [6, 6.07) is 0. The number of carbonyl (C=O) groups is 1. The number of carbonyl (C=O) groups excluding carboxylic acids is 1. The van der Waals surface area contributed by atoms with Crippen LogP contribution in [-0.4, -0.2) is 23.1 Å². The summed E-state index contributed by atoms with van der Waals surface area (Å²) in [5.41, 5.74) is 0. The minimum Gasteiger partial charge on any atom is -0.465 e. The fraction of sp³-hybridized carbons (Fsp3) is 0.923. The third-order valence-corrected chi connectivity index (χ3v) is 4.26. The fourth-order valence-electron chi connectivity index (χ4n) is 1.77. The van der Waals surface area contributed by atoms with Gasteiger partial charge in [-0.25, -0.2) is 0 Å². The maximum atomic E-state index is 11.6. The molecule has 0 aromatic carbocycles. The van der Waals surface area contributed by atoms with Crippen LogP contribution in [0.25, 0.3) is 0 Å². The topological polar surface area (TPSA) is 26.3 Å². The molecule has 94 valence electrons. The molecule has 1 heterocycles. The second-order valence-corrected chi connectivity index (χ2v) is 5.85. The van der Waals surface area contributed by atoms with Crippen LogP contribution in [-0.2, 0) is 9.53 Å². The molecule has 1 fully saturated rings. The summed E-state index contributed by atoms with van der Waals surface area (Å²) in [7, 11) is 0. The van der Waals surface area contributed by atoms with Crippen molar-refractivity contribution in [3.8, 4) is 0 Å². The van der Waals surface area contributed by atoms with Gasteiger partial charge in [-0.15, -0.1) is 11.8 Å². The molecule has 2 nitrogen and oxygen atoms in total. The largest absolute Gasteiger partial charge is 0.465 e. The third-order valence-electron chi connectivity index (χ3n) is 2.90. The van der Waals surface area contributed by atoms with Gasteiger partial charge in [-0.2, -0.15) is 0 Å². The number of rotatable bonds is 9. The highest BCUT2D eigenvalue weighted by molar-refractivity contribution is 8.08. The van der Waals surface area contributed by atoms with Gasteiger partial charge in [0.1, 0.15) is 5.25 Å². The van der Waals surface area contributed by atoms with Gasteiger partial charge < -0.3 is 4.74 Å². The van der Waals surface area contributed by atoms with Crippen molar-refractivity contribution in [1.82, 2.24) is 0 Å². The van der Waals surface area contributed by atoms with Crippen LogP contribution < -0.4 is 0 Å². The summed E-state index contributed by atoms with van der Waals surface area (Å²) >= 11 is 1.78. The molecule has 0 aromatic rings. The van der Waals surface area contributed by atoms with Crippen LogP contribution in [0.3, 0.4) is 0 Å². The molecule has 2 unspecified atom stereocenters. The van der Waals surface area contributed by atoms with Gasteiger partial charge in [0, 0.05) is 5.25 Å². The Hall–Kier alpha value is -0.180. The normalized spacial score (nSPS) is 23.1. The second-order valence-electron chi connectivity index (χ2n) is 4.47. The monoisotopic (exact) mass is 244 g/mol. The zero-order valence-corrected chi connectivity index (χ0v) is 11.4. The first-order chi connectivity index (χ1) is 7.79. The minimum absolute atomic E-state index is 0.0302. The number of hydrogen-bond acceptors (Lipinski definition) is 3. The number of unbranched alkanes of at least 4 members (excludes halogenated alkanes) is 4. The lowest BCUT2D eigenvalue weighted by Crippen LogP contribution is -2.14. The average Bonchev–Trinajstić information content (AvgIpc) is 3.04. The Balaban J connectivity index is 1.98. The number of esters is 1. The van der Waals surface area contributed by atoms with Gasteiger partial charge in [-0.05, 0) is 12.8 Å². The van der Waals surface area contributed by atoms with Crippen molar-refractivity contribution < 1.29 is 9.53 Å². The van der Waals surface area contributed by atoms with Crippen molar-refractivity contribution in [3.63, 3.8) is 0 Å². The summed E-state index contributed by atoms with van der Waals surface area (Å²) in [6.07, 6.45) is 8.33. The molecule has 0 radical (unpaired) electrons. The zero-order valence-electron chi connectivity index (χ0n) is 10.5. The fourth-order valence-corrected chi connectivity index (χ4v) is 2.79. The van der Waals surface area contributed by atoms with Gasteiger partial charge in [0.2, 0.25) is 0 Å². The predicted octanol–water partition coefficient (Wildman–Crippen LogP) is 3.78. The number of ether oxygens (including phenoxy) is 1. The van der Waals surface area contributed by atoms with Crippen molar-refractivity contribution >= 4 is 17.7 Å². The van der Waals surface area contributed by atoms with Crippen molar-refractivity contribution in [2.45, 2.75) is 69.3 Å². The Morgan fingerprint density at radius 2 is 1.81 bits per heavy atom. The van der Waals surface area contributed by atoms with E-state index < -0.39 is 0 Å². The average molecular weight is 244 g/mol. The first kappa shape index (κ1) is 13.9. The van der Waals surface area contributed by atoms with Gasteiger partial charge in [0.15, 0.2) is 0 Å². The highest BCUT2D eigenvalue weighted by Gasteiger charge is 2.44. The van der Waals surface area contributed by atoms with Gasteiger partial charge in [-0.3, -0.25) is 4.79 Å². The van der Waals surface area contributed by atoms with E-state index in [0.29, 0.717) is 11.9 Å². The molecule has 0 aromatic heterocycles. The molecule has 0 saturated carbocycles. The molecule has 0 aliphatic carbocycles. The summed E-state index contributed by atoms with van der Waals surface area (Å²) in [6.45, 7) is 4.98. The Morgan fingerprint density at radius 1 is 1.12 bits per heavy atom. The van der Waals surface area contributed by atoms with E-state index in [1.807, 2.05) is 0 Å². The second kappa shape index (κ2) is 7.99. The van der Waals surface area contributed by atoms with E-state index in [-0.39, 0.29) is 11.2 Å². The van der Waals surface area contributed by atoms with Crippen LogP contribution in [0.4, 0.5) is 0 Å². The molecule has 0 N–H and O–H groups in total. The van der Waals surface area contributed by atoms with Crippen LogP contribution in [0, 0.1) is 0 Å². The van der Waals surface area contributed by atoms with Gasteiger partial charge in [0.25, 0.3) is 0 Å². The summed E-state index contributed by atoms with van der Waals surface area (Å²) in [5.74, 6) is 0.0302. The molecule has 3 heteroatoms. The van der Waals surface area contributed by atoms with E-state index in [1.165, 1.54) is 32.1 Å². The quantitative estimate of drug-likeness (QED) is 0.351. The molecule has 0 bridgehead atoms. The highest BCUT2D eigenvalue weighted by Crippen LogP contribution is 2.45. The molecule has 1 rings (SSSR count). The van der Waals surface area contributed by atoms with E-state index >= 15 is 0 Å². The van der Waals surface area contributed by atoms with Crippen molar-refractivity contribution in [2.75, 3.05) is 6.61 Å². The van der Waals surface area contributed by atoms with Crippen molar-refractivity contribution in [2.24, 2.45) is 0 Å². The van der Waals surface area contributed by atoms with Gasteiger partial charge in [0.05, 0.1) is 6.61 Å². The van der Waals surface area contributed by atoms with Crippen molar-refractivity contribution in [3.05, 3.63) is 0 Å². The maximum Gasteiger partial charge on any atom is 0.320 e. The maximum absolute atomic E-state index is 11.6. The first-order valence-electron chi connectivity index (χ1n) is 6.61. The van der Waals surface area contributed by atoms with Crippen molar-refractivity contribution in [1.29, 1.82) is 0 Å². The first-order valence-corrected chi connectivity index (χ1v) is 7.56. The minimum atomic E-state index is 0.0302. The van der Waals surface area contributed by atoms with E-state index in [0.717, 1.165) is 12.8 Å². The molecule has 1 aliphatic heterocycles. The smallest absolute Gasteiger partial charge is 0.320 e. The summed E-state index contributed by atoms with van der Waals surface area (Å²) in [4.78, 5) is 11.6. The lowest BCUT2D eigenvalue weighted by Gasteiger charge is -2.02. The van der Waals surface area contributed by atoms with Crippen LogP contribution in [0.5, 0.6) is 0 Å². The third kappa shape index (κ3) is 5.24. The van der Waals surface area contributed by atoms with E-state index in [2.05, 4.69) is 13.8 Å². The summed E-state index contributed by atoms with van der Waals surface area (Å²) < 4.78 is 5.24. The molecule has 1 aliphatic rings. The Morgan fingerprint density at radius 3 is 2.50 bits per heavy atom. The lowest BCUT2D eigenvalue weighted by atomic mass is 10.1. The predicted molar refractivity (Wildman–Crippen MR) is 69.8 cm³/mol. The molecule has 0 spiro atoms. The molecular formula is C13H24O2S. The van der Waals surface area contributed by atoms with E-state index in [4.69, 9.17) is 4.74 Å². The van der Waals surface area contributed by atoms with Crippen LogP contribution >= 0.6 is 11.8 Å². The Bertz CT molecular complexity index is 206. The van der Waals surface area contributed by atoms with Gasteiger partial charge >= 0.3 is 5.97 Å². The number of thioether (sulfide) groups is 1. The Kier molecular flexibility index (Phi) is 6.93. The van der Waals surface area contributed by atoms with Crippen LogP contribution in [0.1, 0.15) is 58.8 Å². The van der Waals surface area contributed by atoms with E-state index in [9.17, 15) is 4.79 Å². The number of hydrogen-bond donors (Lipinski definition) is 0. The molecule has 2 atom stereocenters. The van der Waals surface area contributed by atoms with Crippen LogP contribution in [0.2, 0.25) is 0 Å². The Labute approximate surface area is 104 Å².